The van der Waals surface area contributed by atoms with E-state index in [0.717, 1.165) is 11.4 Å². The zero-order valence-electron chi connectivity index (χ0n) is 14.0. The van der Waals surface area contributed by atoms with Crippen LogP contribution in [0.25, 0.3) is 10.8 Å². The van der Waals surface area contributed by atoms with E-state index in [4.69, 9.17) is 4.42 Å². The van der Waals surface area contributed by atoms with Crippen LogP contribution in [0.3, 0.4) is 0 Å². The van der Waals surface area contributed by atoms with Gasteiger partial charge in [0.05, 0.1) is 11.9 Å². The van der Waals surface area contributed by atoms with E-state index in [0.29, 0.717) is 11.8 Å². The third-order valence-corrected chi connectivity index (χ3v) is 5.11. The number of aryl methyl sites for hydroxylation is 2. The molecular weight excluding hydrogens is 306 g/mol. The van der Waals surface area contributed by atoms with E-state index >= 15 is 0 Å². The number of nitrogens with one attached hydrogen (secondary N) is 1. The van der Waals surface area contributed by atoms with Crippen LogP contribution in [-0.4, -0.2) is 17.2 Å². The Morgan fingerprint density at radius 2 is 2.04 bits per heavy atom. The number of rotatable bonds is 5. The standard InChI is InChI=1S/C18H21N3OS/c1-12-7-8-15(13(2)10-12)11-21(4)14(3)17-19-20-18(22-17)16-6-5-9-23-16/h5-10,14H,11H2,1-4H3/p+1/t14-/m0/s1. The Bertz CT molecular complexity index is 779. The summed E-state index contributed by atoms with van der Waals surface area (Å²) in [4.78, 5) is 2.35. The highest BCUT2D eigenvalue weighted by Gasteiger charge is 2.23. The van der Waals surface area contributed by atoms with Crippen molar-refractivity contribution in [3.8, 4) is 10.8 Å². The highest BCUT2D eigenvalue weighted by Crippen LogP contribution is 2.24. The van der Waals surface area contributed by atoms with E-state index in [1.54, 1.807) is 11.3 Å². The van der Waals surface area contributed by atoms with Gasteiger partial charge >= 0.3 is 0 Å². The van der Waals surface area contributed by atoms with Gasteiger partial charge in [-0.05, 0) is 37.8 Å². The first-order valence-electron chi connectivity index (χ1n) is 7.80. The van der Waals surface area contributed by atoms with Gasteiger partial charge in [-0.25, -0.2) is 0 Å². The van der Waals surface area contributed by atoms with Gasteiger partial charge in [0.2, 0.25) is 0 Å². The van der Waals surface area contributed by atoms with E-state index in [1.807, 2.05) is 17.5 Å². The molecule has 0 aliphatic rings. The molecule has 1 N–H and O–H groups in total. The monoisotopic (exact) mass is 328 g/mol. The van der Waals surface area contributed by atoms with Crippen LogP contribution in [0.15, 0.2) is 40.1 Å². The maximum Gasteiger partial charge on any atom is 0.274 e. The average molecular weight is 328 g/mol. The first-order valence-corrected chi connectivity index (χ1v) is 8.68. The molecule has 2 aromatic heterocycles. The van der Waals surface area contributed by atoms with Gasteiger partial charge in [0.15, 0.2) is 6.04 Å². The molecule has 0 amide bonds. The molecule has 0 aliphatic carbocycles. The molecule has 0 saturated heterocycles. The van der Waals surface area contributed by atoms with Gasteiger partial charge in [0.25, 0.3) is 11.8 Å². The summed E-state index contributed by atoms with van der Waals surface area (Å²) >= 11 is 1.61. The molecule has 0 radical (unpaired) electrons. The average Bonchev–Trinajstić information content (AvgIpc) is 3.19. The molecule has 3 aromatic rings. The Kier molecular flexibility index (Phi) is 4.59. The van der Waals surface area contributed by atoms with Crippen LogP contribution in [0, 0.1) is 13.8 Å². The molecule has 1 aromatic carbocycles. The summed E-state index contributed by atoms with van der Waals surface area (Å²) in [6, 6.07) is 10.8. The molecule has 5 heteroatoms. The van der Waals surface area contributed by atoms with E-state index in [1.165, 1.54) is 21.6 Å². The van der Waals surface area contributed by atoms with Crippen LogP contribution < -0.4 is 4.90 Å². The van der Waals surface area contributed by atoms with Crippen LogP contribution in [0.4, 0.5) is 0 Å². The summed E-state index contributed by atoms with van der Waals surface area (Å²) in [6.45, 7) is 7.36. The van der Waals surface area contributed by atoms with Crippen molar-refractivity contribution in [2.45, 2.75) is 33.4 Å². The zero-order valence-corrected chi connectivity index (χ0v) is 14.8. The van der Waals surface area contributed by atoms with Gasteiger partial charge in [-0.3, -0.25) is 0 Å². The SMILES string of the molecule is Cc1ccc(C[NH+](C)[C@@H](C)c2nnc(-c3cccs3)o2)c(C)c1. The van der Waals surface area contributed by atoms with E-state index in [9.17, 15) is 0 Å². The number of quaternary nitrogens is 1. The van der Waals surface area contributed by atoms with Crippen molar-refractivity contribution < 1.29 is 9.32 Å². The quantitative estimate of drug-likeness (QED) is 0.782. The van der Waals surface area contributed by atoms with Crippen LogP contribution >= 0.6 is 11.3 Å². The highest BCUT2D eigenvalue weighted by molar-refractivity contribution is 7.13. The maximum atomic E-state index is 5.87. The zero-order chi connectivity index (χ0) is 16.4. The number of nitrogens with zero attached hydrogens (tertiary/aromatic N) is 2. The second-order valence-electron chi connectivity index (χ2n) is 6.10. The summed E-state index contributed by atoms with van der Waals surface area (Å²) in [6.07, 6.45) is 0. The predicted molar refractivity (Wildman–Crippen MR) is 92.5 cm³/mol. The molecule has 0 bridgehead atoms. The summed E-state index contributed by atoms with van der Waals surface area (Å²) in [5.41, 5.74) is 3.99. The molecule has 0 spiro atoms. The summed E-state index contributed by atoms with van der Waals surface area (Å²) in [7, 11) is 2.17. The van der Waals surface area contributed by atoms with Gasteiger partial charge < -0.3 is 9.32 Å². The van der Waals surface area contributed by atoms with Crippen molar-refractivity contribution in [1.29, 1.82) is 0 Å². The normalized spacial score (nSPS) is 13.9. The third kappa shape index (κ3) is 3.51. The molecule has 0 fully saturated rings. The lowest BCUT2D eigenvalue weighted by Gasteiger charge is -2.20. The van der Waals surface area contributed by atoms with Crippen molar-refractivity contribution >= 4 is 11.3 Å². The van der Waals surface area contributed by atoms with Crippen molar-refractivity contribution in [3.63, 3.8) is 0 Å². The highest BCUT2D eigenvalue weighted by atomic mass is 32.1. The van der Waals surface area contributed by atoms with Crippen molar-refractivity contribution in [2.75, 3.05) is 7.05 Å². The maximum absolute atomic E-state index is 5.87. The van der Waals surface area contributed by atoms with Crippen LogP contribution in [0.2, 0.25) is 0 Å². The molecule has 1 unspecified atom stereocenters. The van der Waals surface area contributed by atoms with Gasteiger partial charge in [0, 0.05) is 5.56 Å². The molecule has 3 rings (SSSR count). The molecule has 2 atom stereocenters. The lowest BCUT2D eigenvalue weighted by molar-refractivity contribution is -0.925. The Morgan fingerprint density at radius 1 is 1.22 bits per heavy atom. The smallest absolute Gasteiger partial charge is 0.274 e. The van der Waals surface area contributed by atoms with E-state index in [-0.39, 0.29) is 6.04 Å². The Labute approximate surface area is 140 Å². The van der Waals surface area contributed by atoms with Gasteiger partial charge in [-0.15, -0.1) is 21.5 Å². The van der Waals surface area contributed by atoms with Crippen LogP contribution in [-0.2, 0) is 6.54 Å². The minimum absolute atomic E-state index is 0.150. The van der Waals surface area contributed by atoms with Crippen molar-refractivity contribution in [3.05, 3.63) is 58.3 Å². The summed E-state index contributed by atoms with van der Waals surface area (Å²) in [5, 5.41) is 10.4. The minimum atomic E-state index is 0.150. The Balaban J connectivity index is 1.73. The second kappa shape index (κ2) is 6.64. The van der Waals surface area contributed by atoms with Gasteiger partial charge in [-0.2, -0.15) is 0 Å². The molecule has 2 heterocycles. The van der Waals surface area contributed by atoms with E-state index in [2.05, 4.69) is 56.2 Å². The fourth-order valence-corrected chi connectivity index (χ4v) is 3.26. The van der Waals surface area contributed by atoms with Crippen molar-refractivity contribution in [2.24, 2.45) is 0 Å². The van der Waals surface area contributed by atoms with Gasteiger partial charge in [-0.1, -0.05) is 29.8 Å². The molecule has 120 valence electrons. The first kappa shape index (κ1) is 15.9. The summed E-state index contributed by atoms with van der Waals surface area (Å²) in [5.74, 6) is 1.30. The topological polar surface area (TPSA) is 43.4 Å². The Hall–Kier alpha value is -1.98. The lowest BCUT2D eigenvalue weighted by Crippen LogP contribution is -3.07. The fraction of sp³-hybridized carbons (Fsp3) is 0.333. The number of benzene rings is 1. The molecule has 23 heavy (non-hydrogen) atoms. The van der Waals surface area contributed by atoms with Crippen LogP contribution in [0.5, 0.6) is 0 Å². The predicted octanol–water partition coefficient (Wildman–Crippen LogP) is 3.19. The molecular formula is C18H22N3OS+. The number of thiophene rings is 1. The molecule has 0 saturated carbocycles. The second-order valence-corrected chi connectivity index (χ2v) is 7.05. The third-order valence-electron chi connectivity index (χ3n) is 4.25. The van der Waals surface area contributed by atoms with Gasteiger partial charge in [0.1, 0.15) is 6.54 Å². The largest absolute Gasteiger partial charge is 0.414 e. The van der Waals surface area contributed by atoms with Crippen molar-refractivity contribution in [1.82, 2.24) is 10.2 Å². The molecule has 4 nitrogen and oxygen atoms in total. The van der Waals surface area contributed by atoms with Crippen LogP contribution in [0.1, 0.15) is 35.5 Å². The summed E-state index contributed by atoms with van der Waals surface area (Å²) < 4.78 is 5.87. The number of hydrogen-bond acceptors (Lipinski definition) is 4. The fourth-order valence-electron chi connectivity index (χ4n) is 2.62. The molecule has 0 aliphatic heterocycles. The Morgan fingerprint density at radius 3 is 2.74 bits per heavy atom. The minimum Gasteiger partial charge on any atom is -0.414 e. The number of hydrogen-bond donors (Lipinski definition) is 1. The first-order chi connectivity index (χ1) is 11.0. The number of aromatic nitrogens is 2. The lowest BCUT2D eigenvalue weighted by atomic mass is 10.1. The van der Waals surface area contributed by atoms with E-state index < -0.39 is 0 Å².